The summed E-state index contributed by atoms with van der Waals surface area (Å²) in [5.74, 6) is 1.81. The van der Waals surface area contributed by atoms with Crippen LogP contribution in [0.15, 0.2) is 24.3 Å². The summed E-state index contributed by atoms with van der Waals surface area (Å²) in [6.45, 7) is 5.67. The molecule has 2 heterocycles. The Bertz CT molecular complexity index is 729. The highest BCUT2D eigenvalue weighted by Crippen LogP contribution is 2.32. The smallest absolute Gasteiger partial charge is 0.252 e. The average molecular weight is 468 g/mol. The van der Waals surface area contributed by atoms with Gasteiger partial charge in [-0.2, -0.15) is 0 Å². The highest BCUT2D eigenvalue weighted by atomic mass is 35.5. The van der Waals surface area contributed by atoms with Crippen molar-refractivity contribution < 1.29 is 19.1 Å². The van der Waals surface area contributed by atoms with E-state index in [0.29, 0.717) is 17.2 Å². The third-order valence-electron chi connectivity index (χ3n) is 7.03. The zero-order chi connectivity index (χ0) is 22.4. The van der Waals surface area contributed by atoms with Crippen LogP contribution in [0.5, 0.6) is 5.75 Å². The monoisotopic (exact) mass is 467 g/mol. The van der Waals surface area contributed by atoms with Crippen molar-refractivity contribution >= 4 is 24.2 Å². The lowest BCUT2D eigenvalue weighted by Crippen LogP contribution is -2.55. The molecular formula is C24H38ClN3O4. The van der Waals surface area contributed by atoms with Gasteiger partial charge < -0.3 is 24.6 Å². The quantitative estimate of drug-likeness (QED) is 0.667. The fraction of sp³-hybridized carbons (Fsp3) is 0.667. The minimum Gasteiger partial charge on any atom is -0.497 e. The number of methoxy groups -OCH3 is 2. The van der Waals surface area contributed by atoms with Crippen LogP contribution < -0.4 is 10.1 Å². The molecule has 2 fully saturated rings. The minimum atomic E-state index is -0.709. The number of carbonyl (C=O) groups excluding carboxylic acids is 2. The molecule has 180 valence electrons. The Labute approximate surface area is 198 Å². The summed E-state index contributed by atoms with van der Waals surface area (Å²) < 4.78 is 10.6. The second-order valence-corrected chi connectivity index (χ2v) is 8.92. The molecule has 2 aliphatic rings. The summed E-state index contributed by atoms with van der Waals surface area (Å²) in [5, 5.41) is 2.90. The molecule has 1 aromatic carbocycles. The van der Waals surface area contributed by atoms with Gasteiger partial charge in [-0.05, 0) is 88.8 Å². The van der Waals surface area contributed by atoms with Gasteiger partial charge >= 0.3 is 0 Å². The van der Waals surface area contributed by atoms with Crippen molar-refractivity contribution in [2.45, 2.75) is 44.8 Å². The Hall–Kier alpha value is -1.83. The van der Waals surface area contributed by atoms with Crippen molar-refractivity contribution in [2.75, 3.05) is 47.4 Å². The molecule has 32 heavy (non-hydrogen) atoms. The third-order valence-corrected chi connectivity index (χ3v) is 7.03. The molecule has 2 amide bonds. The molecule has 2 saturated heterocycles. The molecule has 2 aliphatic heterocycles. The van der Waals surface area contributed by atoms with Crippen LogP contribution in [0, 0.1) is 11.8 Å². The summed E-state index contributed by atoms with van der Waals surface area (Å²) in [5.41, 5.74) is 0.489. The topological polar surface area (TPSA) is 71.1 Å². The number of likely N-dealkylation sites (tertiary alicyclic amines) is 2. The van der Waals surface area contributed by atoms with Crippen molar-refractivity contribution in [2.24, 2.45) is 11.8 Å². The van der Waals surface area contributed by atoms with E-state index in [0.717, 1.165) is 31.8 Å². The third kappa shape index (κ3) is 6.59. The molecule has 1 N–H and O–H groups in total. The number of nitrogens with zero attached hydrogens (tertiary/aromatic N) is 2. The Morgan fingerprint density at radius 2 is 1.50 bits per heavy atom. The van der Waals surface area contributed by atoms with Crippen LogP contribution in [0.2, 0.25) is 0 Å². The fourth-order valence-electron chi connectivity index (χ4n) is 4.77. The van der Waals surface area contributed by atoms with Gasteiger partial charge in [-0.1, -0.05) is 0 Å². The molecule has 7 nitrogen and oxygen atoms in total. The first-order valence-electron chi connectivity index (χ1n) is 11.4. The number of benzene rings is 1. The number of nitrogens with one attached hydrogen (secondary N) is 1. The van der Waals surface area contributed by atoms with E-state index < -0.39 is 12.1 Å². The second kappa shape index (κ2) is 12.4. The van der Waals surface area contributed by atoms with Gasteiger partial charge in [0.15, 0.2) is 0 Å². The van der Waals surface area contributed by atoms with Gasteiger partial charge in [0.2, 0.25) is 5.91 Å². The Kier molecular flexibility index (Phi) is 10.3. The number of halogens is 1. The molecule has 1 aromatic rings. The Morgan fingerprint density at radius 1 is 0.969 bits per heavy atom. The van der Waals surface area contributed by atoms with Gasteiger partial charge in [0, 0.05) is 25.8 Å². The Balaban J connectivity index is 0.00000363. The van der Waals surface area contributed by atoms with E-state index in [1.54, 1.807) is 38.5 Å². The molecule has 3 rings (SSSR count). The molecule has 0 saturated carbocycles. The van der Waals surface area contributed by atoms with E-state index in [-0.39, 0.29) is 24.2 Å². The maximum Gasteiger partial charge on any atom is 0.252 e. The zero-order valence-corrected chi connectivity index (χ0v) is 20.5. The van der Waals surface area contributed by atoms with Gasteiger partial charge in [0.05, 0.1) is 13.2 Å². The average Bonchev–Trinajstić information content (AvgIpc) is 2.82. The van der Waals surface area contributed by atoms with Crippen LogP contribution in [0.25, 0.3) is 0 Å². The summed E-state index contributed by atoms with van der Waals surface area (Å²) in [6.07, 6.45) is 4.19. The van der Waals surface area contributed by atoms with Crippen LogP contribution in [-0.2, 0) is 9.53 Å². The normalized spacial score (nSPS) is 20.2. The zero-order valence-electron chi connectivity index (χ0n) is 19.7. The van der Waals surface area contributed by atoms with E-state index in [1.165, 1.54) is 25.9 Å². The van der Waals surface area contributed by atoms with Gasteiger partial charge in [0.1, 0.15) is 11.8 Å². The van der Waals surface area contributed by atoms with Crippen molar-refractivity contribution in [3.63, 3.8) is 0 Å². The summed E-state index contributed by atoms with van der Waals surface area (Å²) >= 11 is 0. The first-order chi connectivity index (χ1) is 14.9. The van der Waals surface area contributed by atoms with E-state index in [2.05, 4.69) is 17.3 Å². The number of piperidine rings is 2. The van der Waals surface area contributed by atoms with E-state index >= 15 is 0 Å². The molecular weight excluding hydrogens is 430 g/mol. The first-order valence-corrected chi connectivity index (χ1v) is 11.4. The number of hydrogen-bond donors (Lipinski definition) is 1. The molecule has 0 bridgehead atoms. The largest absolute Gasteiger partial charge is 0.497 e. The lowest BCUT2D eigenvalue weighted by Gasteiger charge is -2.40. The van der Waals surface area contributed by atoms with Crippen molar-refractivity contribution in [3.05, 3.63) is 29.8 Å². The standard InChI is InChI=1S/C24H37N3O4.ClH/c1-17(30-3)22(25-23(28)20-5-7-21(31-4)8-6-20)24(29)27-15-11-19(12-16-27)18-9-13-26(2)14-10-18;/h5-8,17-19,22H,9-16H2,1-4H3,(H,25,28);1H/t17-,22+;/m0./s1. The van der Waals surface area contributed by atoms with Gasteiger partial charge in [-0.15, -0.1) is 12.4 Å². The maximum absolute atomic E-state index is 13.3. The van der Waals surface area contributed by atoms with E-state index in [1.807, 2.05) is 11.8 Å². The lowest BCUT2D eigenvalue weighted by molar-refractivity contribution is -0.138. The summed E-state index contributed by atoms with van der Waals surface area (Å²) in [4.78, 5) is 30.4. The lowest BCUT2D eigenvalue weighted by atomic mass is 9.79. The van der Waals surface area contributed by atoms with Gasteiger partial charge in [-0.25, -0.2) is 0 Å². The number of rotatable bonds is 7. The van der Waals surface area contributed by atoms with E-state index in [9.17, 15) is 9.59 Å². The number of hydrogen-bond acceptors (Lipinski definition) is 5. The number of amides is 2. The predicted molar refractivity (Wildman–Crippen MR) is 127 cm³/mol. The summed E-state index contributed by atoms with van der Waals surface area (Å²) in [6, 6.07) is 6.15. The van der Waals surface area contributed by atoms with Crippen molar-refractivity contribution in [1.29, 1.82) is 0 Å². The predicted octanol–water partition coefficient (Wildman–Crippen LogP) is 2.83. The Morgan fingerprint density at radius 3 is 2.00 bits per heavy atom. The number of ether oxygens (including phenoxy) is 2. The van der Waals surface area contributed by atoms with Gasteiger partial charge in [-0.3, -0.25) is 9.59 Å². The van der Waals surface area contributed by atoms with E-state index in [4.69, 9.17) is 9.47 Å². The molecule has 8 heteroatoms. The number of carbonyl (C=O) groups is 2. The van der Waals surface area contributed by atoms with Crippen LogP contribution in [0.3, 0.4) is 0 Å². The summed E-state index contributed by atoms with van der Waals surface area (Å²) in [7, 11) is 5.34. The molecule has 2 atom stereocenters. The molecule has 0 spiro atoms. The molecule has 0 unspecified atom stereocenters. The van der Waals surface area contributed by atoms with Crippen LogP contribution in [0.1, 0.15) is 43.0 Å². The minimum absolute atomic E-state index is 0. The van der Waals surface area contributed by atoms with Crippen molar-refractivity contribution in [1.82, 2.24) is 15.1 Å². The maximum atomic E-state index is 13.3. The highest BCUT2D eigenvalue weighted by molar-refractivity contribution is 5.97. The van der Waals surface area contributed by atoms with Crippen LogP contribution >= 0.6 is 12.4 Å². The first kappa shape index (κ1) is 26.4. The molecule has 0 aromatic heterocycles. The van der Waals surface area contributed by atoms with Crippen molar-refractivity contribution in [3.8, 4) is 5.75 Å². The highest BCUT2D eigenvalue weighted by Gasteiger charge is 2.35. The molecule has 0 radical (unpaired) electrons. The molecule has 0 aliphatic carbocycles. The second-order valence-electron chi connectivity index (χ2n) is 8.92. The van der Waals surface area contributed by atoms with Crippen LogP contribution in [-0.4, -0.2) is 81.2 Å². The van der Waals surface area contributed by atoms with Crippen LogP contribution in [0.4, 0.5) is 0 Å². The van der Waals surface area contributed by atoms with Gasteiger partial charge in [0.25, 0.3) is 5.91 Å². The SMILES string of the molecule is COc1ccc(C(=O)N[C@@H](C(=O)N2CCC(C3CCN(C)CC3)CC2)[C@H](C)OC)cc1.Cl. The fourth-order valence-corrected chi connectivity index (χ4v) is 4.77.